The Bertz CT molecular complexity index is 637. The number of halogens is 1. The first-order chi connectivity index (χ1) is 9.49. The van der Waals surface area contributed by atoms with E-state index in [-0.39, 0.29) is 5.78 Å². The van der Waals surface area contributed by atoms with Gasteiger partial charge in [0.15, 0.2) is 5.78 Å². The molecule has 0 N–H and O–H groups in total. The Morgan fingerprint density at radius 3 is 2.50 bits per heavy atom. The zero-order valence-corrected chi connectivity index (χ0v) is 13.6. The van der Waals surface area contributed by atoms with E-state index in [1.54, 1.807) is 6.92 Å². The molecule has 0 spiro atoms. The molecule has 3 heteroatoms. The zero-order chi connectivity index (χ0) is 14.7. The summed E-state index contributed by atoms with van der Waals surface area (Å²) in [4.78, 5) is 13.6. The summed E-state index contributed by atoms with van der Waals surface area (Å²) in [6.07, 6.45) is 0. The van der Waals surface area contributed by atoms with Crippen molar-refractivity contribution in [1.29, 1.82) is 0 Å². The molecule has 0 radical (unpaired) electrons. The lowest BCUT2D eigenvalue weighted by Gasteiger charge is -2.22. The number of carbonyl (C=O) groups is 1. The second-order valence-electron chi connectivity index (χ2n) is 5.00. The highest BCUT2D eigenvalue weighted by atomic mass is 79.9. The number of aryl methyl sites for hydroxylation is 1. The lowest BCUT2D eigenvalue weighted by molar-refractivity contribution is 0.101. The van der Waals surface area contributed by atoms with Gasteiger partial charge in [0.2, 0.25) is 0 Å². The Morgan fingerprint density at radius 2 is 1.90 bits per heavy atom. The van der Waals surface area contributed by atoms with Crippen molar-refractivity contribution in [3.8, 4) is 0 Å². The highest BCUT2D eigenvalue weighted by Crippen LogP contribution is 2.28. The summed E-state index contributed by atoms with van der Waals surface area (Å²) in [6.45, 7) is 4.54. The van der Waals surface area contributed by atoms with Crippen LogP contribution in [0, 0.1) is 6.92 Å². The summed E-state index contributed by atoms with van der Waals surface area (Å²) in [5.41, 5.74) is 4.40. The standard InChI is InChI=1S/C17H18BrNO/c1-12-6-4-5-7-15(12)11-19(3)17-9-8-14(13(2)20)10-16(17)18/h4-10H,11H2,1-3H3. The highest BCUT2D eigenvalue weighted by Gasteiger charge is 2.09. The first-order valence-electron chi connectivity index (χ1n) is 6.55. The SMILES string of the molecule is CC(=O)c1ccc(N(C)Cc2ccccc2C)c(Br)c1. The first-order valence-corrected chi connectivity index (χ1v) is 7.34. The van der Waals surface area contributed by atoms with Gasteiger partial charge in [-0.15, -0.1) is 0 Å². The number of hydrogen-bond acceptors (Lipinski definition) is 2. The fraction of sp³-hybridized carbons (Fsp3) is 0.235. The topological polar surface area (TPSA) is 20.3 Å². The number of rotatable bonds is 4. The van der Waals surface area contributed by atoms with Crippen molar-refractivity contribution in [2.75, 3.05) is 11.9 Å². The lowest BCUT2D eigenvalue weighted by Crippen LogP contribution is -2.17. The molecule has 0 saturated heterocycles. The van der Waals surface area contributed by atoms with E-state index in [9.17, 15) is 4.79 Å². The summed E-state index contributed by atoms with van der Waals surface area (Å²) in [5.74, 6) is 0.0822. The molecule has 0 saturated carbocycles. The molecule has 2 aromatic rings. The molecule has 0 unspecified atom stereocenters. The van der Waals surface area contributed by atoms with Gasteiger partial charge >= 0.3 is 0 Å². The maximum absolute atomic E-state index is 11.4. The number of Topliss-reactive ketones (excluding diaryl/α,β-unsaturated/α-hetero) is 1. The third-order valence-electron chi connectivity index (χ3n) is 3.43. The number of nitrogens with zero attached hydrogens (tertiary/aromatic N) is 1. The Morgan fingerprint density at radius 1 is 1.20 bits per heavy atom. The van der Waals surface area contributed by atoms with Gasteiger partial charge in [-0.1, -0.05) is 24.3 Å². The fourth-order valence-electron chi connectivity index (χ4n) is 2.16. The molecular formula is C17H18BrNO. The summed E-state index contributed by atoms with van der Waals surface area (Å²) >= 11 is 3.55. The van der Waals surface area contributed by atoms with E-state index < -0.39 is 0 Å². The molecular weight excluding hydrogens is 314 g/mol. The molecule has 0 amide bonds. The van der Waals surface area contributed by atoms with Gasteiger partial charge < -0.3 is 4.90 Å². The van der Waals surface area contributed by atoms with Gasteiger partial charge in [-0.25, -0.2) is 0 Å². The minimum Gasteiger partial charge on any atom is -0.369 e. The molecule has 20 heavy (non-hydrogen) atoms. The number of carbonyl (C=O) groups excluding carboxylic acids is 1. The van der Waals surface area contributed by atoms with Crippen molar-refractivity contribution in [2.24, 2.45) is 0 Å². The second kappa shape index (κ2) is 6.23. The summed E-state index contributed by atoms with van der Waals surface area (Å²) in [5, 5.41) is 0. The van der Waals surface area contributed by atoms with Gasteiger partial charge in [0.1, 0.15) is 0 Å². The quantitative estimate of drug-likeness (QED) is 0.763. The average Bonchev–Trinajstić information content (AvgIpc) is 2.41. The van der Waals surface area contributed by atoms with E-state index in [2.05, 4.69) is 59.1 Å². The Kier molecular flexibility index (Phi) is 4.61. The van der Waals surface area contributed by atoms with Crippen molar-refractivity contribution in [2.45, 2.75) is 20.4 Å². The molecule has 2 rings (SSSR count). The van der Waals surface area contributed by atoms with Crippen LogP contribution < -0.4 is 4.90 Å². The minimum absolute atomic E-state index is 0.0822. The number of anilines is 1. The van der Waals surface area contributed by atoms with Crippen LogP contribution in [0.4, 0.5) is 5.69 Å². The Labute approximate surface area is 128 Å². The van der Waals surface area contributed by atoms with Crippen LogP contribution in [0.25, 0.3) is 0 Å². The average molecular weight is 332 g/mol. The predicted molar refractivity (Wildman–Crippen MR) is 87.4 cm³/mol. The first kappa shape index (κ1) is 14.8. The van der Waals surface area contributed by atoms with Gasteiger partial charge in [-0.3, -0.25) is 4.79 Å². The summed E-state index contributed by atoms with van der Waals surface area (Å²) in [6, 6.07) is 14.1. The van der Waals surface area contributed by atoms with Crippen molar-refractivity contribution in [3.05, 3.63) is 63.6 Å². The van der Waals surface area contributed by atoms with Gasteiger partial charge in [-0.05, 0) is 59.1 Å². The molecule has 0 aliphatic heterocycles. The monoisotopic (exact) mass is 331 g/mol. The van der Waals surface area contributed by atoms with Crippen LogP contribution in [0.3, 0.4) is 0 Å². The van der Waals surface area contributed by atoms with Gasteiger partial charge in [0.25, 0.3) is 0 Å². The number of benzene rings is 2. The van der Waals surface area contributed by atoms with E-state index in [0.29, 0.717) is 0 Å². The van der Waals surface area contributed by atoms with Crippen LogP contribution >= 0.6 is 15.9 Å². The molecule has 2 aromatic carbocycles. The second-order valence-corrected chi connectivity index (χ2v) is 5.86. The van der Waals surface area contributed by atoms with E-state index >= 15 is 0 Å². The predicted octanol–water partition coefficient (Wildman–Crippen LogP) is 4.60. The van der Waals surface area contributed by atoms with Crippen LogP contribution in [-0.4, -0.2) is 12.8 Å². The maximum Gasteiger partial charge on any atom is 0.159 e. The molecule has 0 aliphatic rings. The Balaban J connectivity index is 2.23. The molecule has 0 fully saturated rings. The van der Waals surface area contributed by atoms with E-state index in [4.69, 9.17) is 0 Å². The van der Waals surface area contributed by atoms with Crippen LogP contribution in [-0.2, 0) is 6.54 Å². The number of hydrogen-bond donors (Lipinski definition) is 0. The van der Waals surface area contributed by atoms with Gasteiger partial charge in [0, 0.05) is 23.6 Å². The normalized spacial score (nSPS) is 10.4. The molecule has 0 aliphatic carbocycles. The van der Waals surface area contributed by atoms with Crippen molar-refractivity contribution >= 4 is 27.4 Å². The fourth-order valence-corrected chi connectivity index (χ4v) is 2.85. The van der Waals surface area contributed by atoms with Crippen LogP contribution in [0.5, 0.6) is 0 Å². The molecule has 0 aromatic heterocycles. The van der Waals surface area contributed by atoms with Crippen LogP contribution in [0.1, 0.15) is 28.4 Å². The summed E-state index contributed by atoms with van der Waals surface area (Å²) < 4.78 is 0.946. The largest absolute Gasteiger partial charge is 0.369 e. The maximum atomic E-state index is 11.4. The lowest BCUT2D eigenvalue weighted by atomic mass is 10.1. The minimum atomic E-state index is 0.0822. The Hall–Kier alpha value is -1.61. The summed E-state index contributed by atoms with van der Waals surface area (Å²) in [7, 11) is 2.06. The van der Waals surface area contributed by atoms with Crippen molar-refractivity contribution < 1.29 is 4.79 Å². The van der Waals surface area contributed by atoms with Crippen molar-refractivity contribution in [1.82, 2.24) is 0 Å². The molecule has 2 nitrogen and oxygen atoms in total. The molecule has 0 heterocycles. The van der Waals surface area contributed by atoms with Crippen molar-refractivity contribution in [3.63, 3.8) is 0 Å². The molecule has 104 valence electrons. The van der Waals surface area contributed by atoms with Gasteiger partial charge in [0.05, 0.1) is 5.69 Å². The third-order valence-corrected chi connectivity index (χ3v) is 4.07. The van der Waals surface area contributed by atoms with Crippen LogP contribution in [0.2, 0.25) is 0 Å². The molecule has 0 atom stereocenters. The smallest absolute Gasteiger partial charge is 0.159 e. The number of ketones is 1. The van der Waals surface area contributed by atoms with E-state index in [1.807, 2.05) is 18.2 Å². The van der Waals surface area contributed by atoms with E-state index in [1.165, 1.54) is 11.1 Å². The third kappa shape index (κ3) is 3.28. The van der Waals surface area contributed by atoms with E-state index in [0.717, 1.165) is 22.3 Å². The zero-order valence-electron chi connectivity index (χ0n) is 12.0. The van der Waals surface area contributed by atoms with Crippen LogP contribution in [0.15, 0.2) is 46.9 Å². The van der Waals surface area contributed by atoms with Gasteiger partial charge in [-0.2, -0.15) is 0 Å². The highest BCUT2D eigenvalue weighted by molar-refractivity contribution is 9.10. The molecule has 0 bridgehead atoms.